The van der Waals surface area contributed by atoms with E-state index in [1.54, 1.807) is 26.8 Å². The van der Waals surface area contributed by atoms with Gasteiger partial charge in [0.2, 0.25) is 5.91 Å². The fourth-order valence-electron chi connectivity index (χ4n) is 1.33. The van der Waals surface area contributed by atoms with Gasteiger partial charge in [0.1, 0.15) is 5.69 Å². The van der Waals surface area contributed by atoms with Crippen LogP contribution >= 0.6 is 0 Å². The second kappa shape index (κ2) is 5.25. The number of hydrogen-bond donors (Lipinski definition) is 1. The molecule has 0 fully saturated rings. The largest absolute Gasteiger partial charge is 0.317 e. The Morgan fingerprint density at radius 1 is 1.41 bits per heavy atom. The standard InChI is InChI=1S/C12H14N2O3/c1-8(2)6-12(15)13-10-5-4-9(3)7-11(10)14(16)17/h4-7H,1-3H3,(H,13,15). The van der Waals surface area contributed by atoms with Gasteiger partial charge in [-0.3, -0.25) is 14.9 Å². The zero-order chi connectivity index (χ0) is 13.0. The molecule has 5 nitrogen and oxygen atoms in total. The van der Waals surface area contributed by atoms with Crippen molar-refractivity contribution in [2.45, 2.75) is 20.8 Å². The number of carbonyl (C=O) groups is 1. The minimum Gasteiger partial charge on any atom is -0.317 e. The van der Waals surface area contributed by atoms with E-state index in [0.717, 1.165) is 11.1 Å². The number of rotatable bonds is 3. The monoisotopic (exact) mass is 234 g/mol. The van der Waals surface area contributed by atoms with Gasteiger partial charge in [-0.05, 0) is 32.4 Å². The highest BCUT2D eigenvalue weighted by atomic mass is 16.6. The quantitative estimate of drug-likeness (QED) is 0.496. The van der Waals surface area contributed by atoms with E-state index >= 15 is 0 Å². The summed E-state index contributed by atoms with van der Waals surface area (Å²) in [5, 5.41) is 13.3. The molecule has 0 aliphatic heterocycles. The van der Waals surface area contributed by atoms with Crippen molar-refractivity contribution >= 4 is 17.3 Å². The maximum absolute atomic E-state index is 11.5. The number of anilines is 1. The van der Waals surface area contributed by atoms with Crippen LogP contribution in [0, 0.1) is 17.0 Å². The summed E-state index contributed by atoms with van der Waals surface area (Å²) in [6.45, 7) is 5.32. The Hall–Kier alpha value is -2.17. The average molecular weight is 234 g/mol. The van der Waals surface area contributed by atoms with Crippen molar-refractivity contribution < 1.29 is 9.72 Å². The van der Waals surface area contributed by atoms with Crippen molar-refractivity contribution in [1.29, 1.82) is 0 Å². The highest BCUT2D eigenvalue weighted by Gasteiger charge is 2.14. The van der Waals surface area contributed by atoms with Crippen molar-refractivity contribution in [1.82, 2.24) is 0 Å². The van der Waals surface area contributed by atoms with E-state index in [9.17, 15) is 14.9 Å². The number of allylic oxidation sites excluding steroid dienone is 1. The molecule has 0 aromatic heterocycles. The number of nitro groups is 1. The Bertz CT molecular complexity index is 489. The Morgan fingerprint density at radius 3 is 2.59 bits per heavy atom. The fourth-order valence-corrected chi connectivity index (χ4v) is 1.33. The Labute approximate surface area is 99.3 Å². The number of nitrogens with zero attached hydrogens (tertiary/aromatic N) is 1. The molecule has 0 spiro atoms. The molecule has 1 aromatic carbocycles. The predicted octanol–water partition coefficient (Wildman–Crippen LogP) is 2.81. The number of carbonyl (C=O) groups excluding carboxylic acids is 1. The van der Waals surface area contributed by atoms with Gasteiger partial charge in [-0.25, -0.2) is 0 Å². The molecule has 0 radical (unpaired) electrons. The third kappa shape index (κ3) is 3.71. The normalized spacial score (nSPS) is 9.59. The average Bonchev–Trinajstić information content (AvgIpc) is 2.19. The molecule has 17 heavy (non-hydrogen) atoms. The lowest BCUT2D eigenvalue weighted by Crippen LogP contribution is -2.10. The molecule has 0 saturated heterocycles. The summed E-state index contributed by atoms with van der Waals surface area (Å²) in [5.41, 5.74) is 1.72. The van der Waals surface area contributed by atoms with E-state index in [4.69, 9.17) is 0 Å². The molecule has 5 heteroatoms. The van der Waals surface area contributed by atoms with E-state index in [-0.39, 0.29) is 17.3 Å². The summed E-state index contributed by atoms with van der Waals surface area (Å²) < 4.78 is 0. The first-order valence-corrected chi connectivity index (χ1v) is 5.11. The first-order chi connectivity index (χ1) is 7.90. The van der Waals surface area contributed by atoms with Crippen LogP contribution in [0.2, 0.25) is 0 Å². The fraction of sp³-hybridized carbons (Fsp3) is 0.250. The van der Waals surface area contributed by atoms with Crippen LogP contribution in [0.15, 0.2) is 29.8 Å². The molecule has 0 aliphatic carbocycles. The van der Waals surface area contributed by atoms with E-state index in [1.165, 1.54) is 18.2 Å². The minimum absolute atomic E-state index is 0.0968. The summed E-state index contributed by atoms with van der Waals surface area (Å²) in [6.07, 6.45) is 1.39. The number of benzene rings is 1. The van der Waals surface area contributed by atoms with Crippen LogP contribution in [0.4, 0.5) is 11.4 Å². The Balaban J connectivity index is 3.03. The van der Waals surface area contributed by atoms with Gasteiger partial charge in [0.25, 0.3) is 5.69 Å². The Morgan fingerprint density at radius 2 is 2.06 bits per heavy atom. The van der Waals surface area contributed by atoms with Crippen molar-refractivity contribution in [2.75, 3.05) is 5.32 Å². The first kappa shape index (κ1) is 12.9. The maximum atomic E-state index is 11.5. The van der Waals surface area contributed by atoms with Crippen molar-refractivity contribution in [3.05, 3.63) is 45.5 Å². The lowest BCUT2D eigenvalue weighted by Gasteiger charge is -2.04. The zero-order valence-electron chi connectivity index (χ0n) is 9.98. The summed E-state index contributed by atoms with van der Waals surface area (Å²) in [5.74, 6) is -0.364. The summed E-state index contributed by atoms with van der Waals surface area (Å²) >= 11 is 0. The van der Waals surface area contributed by atoms with Crippen LogP contribution in [-0.2, 0) is 4.79 Å². The molecule has 1 amide bonds. The molecule has 90 valence electrons. The van der Waals surface area contributed by atoms with Crippen LogP contribution < -0.4 is 5.32 Å². The molecule has 0 unspecified atom stereocenters. The number of amides is 1. The second-order valence-corrected chi connectivity index (χ2v) is 3.99. The third-order valence-corrected chi connectivity index (χ3v) is 2.03. The van der Waals surface area contributed by atoms with Gasteiger partial charge in [-0.15, -0.1) is 0 Å². The molecule has 0 bridgehead atoms. The first-order valence-electron chi connectivity index (χ1n) is 5.11. The smallest absolute Gasteiger partial charge is 0.293 e. The van der Waals surface area contributed by atoms with Crippen LogP contribution in [0.3, 0.4) is 0 Å². The molecular weight excluding hydrogens is 220 g/mol. The third-order valence-electron chi connectivity index (χ3n) is 2.03. The Kier molecular flexibility index (Phi) is 3.98. The van der Waals surface area contributed by atoms with E-state index in [1.807, 2.05) is 0 Å². The number of hydrogen-bond acceptors (Lipinski definition) is 3. The van der Waals surface area contributed by atoms with Gasteiger partial charge in [-0.2, -0.15) is 0 Å². The lowest BCUT2D eigenvalue weighted by atomic mass is 10.2. The van der Waals surface area contributed by atoms with Crippen LogP contribution in [0.1, 0.15) is 19.4 Å². The van der Waals surface area contributed by atoms with Crippen molar-refractivity contribution in [3.8, 4) is 0 Å². The molecule has 0 saturated carbocycles. The van der Waals surface area contributed by atoms with Gasteiger partial charge < -0.3 is 5.32 Å². The highest BCUT2D eigenvalue weighted by Crippen LogP contribution is 2.25. The summed E-state index contributed by atoms with van der Waals surface area (Å²) in [7, 11) is 0. The van der Waals surface area contributed by atoms with Crippen LogP contribution in [0.5, 0.6) is 0 Å². The number of nitro benzene ring substituents is 1. The molecular formula is C12H14N2O3. The predicted molar refractivity (Wildman–Crippen MR) is 65.9 cm³/mol. The van der Waals surface area contributed by atoms with Crippen LogP contribution in [0.25, 0.3) is 0 Å². The molecule has 0 heterocycles. The topological polar surface area (TPSA) is 72.2 Å². The summed E-state index contributed by atoms with van der Waals surface area (Å²) in [4.78, 5) is 21.8. The zero-order valence-corrected chi connectivity index (χ0v) is 9.98. The van der Waals surface area contributed by atoms with Gasteiger partial charge in [0.15, 0.2) is 0 Å². The SMILES string of the molecule is CC(C)=CC(=O)Nc1ccc(C)cc1[N+](=O)[O-]. The van der Waals surface area contributed by atoms with Gasteiger partial charge in [0, 0.05) is 12.1 Å². The number of nitrogens with one attached hydrogen (secondary N) is 1. The van der Waals surface area contributed by atoms with E-state index in [0.29, 0.717) is 0 Å². The minimum atomic E-state index is -0.509. The van der Waals surface area contributed by atoms with Crippen LogP contribution in [-0.4, -0.2) is 10.8 Å². The molecule has 0 atom stereocenters. The van der Waals surface area contributed by atoms with E-state index < -0.39 is 4.92 Å². The lowest BCUT2D eigenvalue weighted by molar-refractivity contribution is -0.384. The second-order valence-electron chi connectivity index (χ2n) is 3.99. The van der Waals surface area contributed by atoms with Gasteiger partial charge in [-0.1, -0.05) is 11.6 Å². The van der Waals surface area contributed by atoms with Gasteiger partial charge >= 0.3 is 0 Å². The molecule has 0 aliphatic rings. The number of aryl methyl sites for hydroxylation is 1. The summed E-state index contributed by atoms with van der Waals surface area (Å²) in [6, 6.07) is 4.67. The molecule has 1 rings (SSSR count). The highest BCUT2D eigenvalue weighted by molar-refractivity contribution is 6.01. The van der Waals surface area contributed by atoms with E-state index in [2.05, 4.69) is 5.32 Å². The maximum Gasteiger partial charge on any atom is 0.293 e. The van der Waals surface area contributed by atoms with Crippen molar-refractivity contribution in [2.24, 2.45) is 0 Å². The van der Waals surface area contributed by atoms with Gasteiger partial charge in [0.05, 0.1) is 4.92 Å². The molecule has 1 aromatic rings. The molecule has 1 N–H and O–H groups in total. The van der Waals surface area contributed by atoms with Crippen molar-refractivity contribution in [3.63, 3.8) is 0 Å².